The second-order valence-electron chi connectivity index (χ2n) is 6.35. The van der Waals surface area contributed by atoms with Gasteiger partial charge in [0, 0.05) is 34.6 Å². The first-order chi connectivity index (χ1) is 14.8. The van der Waals surface area contributed by atoms with Crippen LogP contribution in [0.25, 0.3) is 11.4 Å². The van der Waals surface area contributed by atoms with Gasteiger partial charge in [-0.3, -0.25) is 4.94 Å². The molecule has 0 saturated heterocycles. The Morgan fingerprint density at radius 2 is 1.39 bits per heavy atom. The molecule has 3 nitrogen and oxygen atoms in total. The summed E-state index contributed by atoms with van der Waals surface area (Å²) >= 11 is 0. The number of hydrogen-bond donors (Lipinski definition) is 0. The molecule has 0 aliphatic carbocycles. The predicted molar refractivity (Wildman–Crippen MR) is 98.9 cm³/mol. The number of aryl methyl sites for hydroxylation is 1. The van der Waals surface area contributed by atoms with Crippen LogP contribution in [0.1, 0.15) is 30.9 Å². The van der Waals surface area contributed by atoms with E-state index in [1.807, 2.05) is 0 Å². The molecule has 0 unspecified atom stereocenters. The Kier molecular flexibility index (Phi) is 8.77. The van der Waals surface area contributed by atoms with E-state index in [1.165, 1.54) is 0 Å². The van der Waals surface area contributed by atoms with Crippen LogP contribution in [0.2, 0.25) is 0 Å². The molecule has 0 spiro atoms. The van der Waals surface area contributed by atoms with Crippen LogP contribution >= 0.6 is 0 Å². The summed E-state index contributed by atoms with van der Waals surface area (Å²) in [5.74, 6) is -6.93. The zero-order valence-electron chi connectivity index (χ0n) is 16.2. The highest BCUT2D eigenvalue weighted by Gasteiger charge is 2.13. The Labute approximate surface area is 173 Å². The van der Waals surface area contributed by atoms with Crippen LogP contribution in [0.15, 0.2) is 36.7 Å². The van der Waals surface area contributed by atoms with Gasteiger partial charge < -0.3 is 0 Å². The smallest absolute Gasteiger partial charge is 0.194 e. The summed E-state index contributed by atoms with van der Waals surface area (Å²) in [5, 5.41) is 0. The van der Waals surface area contributed by atoms with Gasteiger partial charge in [0.05, 0.1) is 5.56 Å². The van der Waals surface area contributed by atoms with E-state index in [9.17, 15) is 30.9 Å². The quantitative estimate of drug-likeness (QED) is 0.316. The molecule has 3 rings (SSSR count). The lowest BCUT2D eigenvalue weighted by Crippen LogP contribution is -1.97. The highest BCUT2D eigenvalue weighted by Crippen LogP contribution is 2.23. The molecule has 1 aromatic heterocycles. The van der Waals surface area contributed by atoms with Crippen molar-refractivity contribution in [1.29, 1.82) is 0 Å². The van der Waals surface area contributed by atoms with Crippen LogP contribution in [0, 0.1) is 29.1 Å². The fourth-order valence-corrected chi connectivity index (χ4v) is 2.45. The predicted octanol–water partition coefficient (Wildman–Crippen LogP) is 6.60. The van der Waals surface area contributed by atoms with Crippen LogP contribution in [0.4, 0.5) is 30.9 Å². The molecule has 166 valence electrons. The highest BCUT2D eigenvalue weighted by molar-refractivity contribution is 5.55. The zero-order chi connectivity index (χ0) is 23.0. The highest BCUT2D eigenvalue weighted by atomic mass is 19.3. The number of rotatable bonds is 6. The van der Waals surface area contributed by atoms with Gasteiger partial charge in [0.1, 0.15) is 18.3 Å². The SMILES string of the molecule is CCCCc1cnc(-c2cc(F)c(CF)c(F)c2)nc1.FOc1cc(F)c(F)c(F)c1. The normalized spacial score (nSPS) is 10.5. The molecule has 10 heteroatoms. The molecule has 0 aliphatic rings. The monoisotopic (exact) mass is 446 g/mol. The summed E-state index contributed by atoms with van der Waals surface area (Å²) in [6.07, 6.45) is 6.29. The Bertz CT molecular complexity index is 967. The first-order valence-corrected chi connectivity index (χ1v) is 9.09. The molecule has 0 atom stereocenters. The van der Waals surface area contributed by atoms with E-state index in [0.717, 1.165) is 37.0 Å². The molecule has 0 fully saturated rings. The largest absolute Gasteiger partial charge is 0.294 e. The zero-order valence-corrected chi connectivity index (χ0v) is 16.2. The van der Waals surface area contributed by atoms with Crippen molar-refractivity contribution in [2.45, 2.75) is 32.9 Å². The Morgan fingerprint density at radius 1 is 0.839 bits per heavy atom. The molecule has 31 heavy (non-hydrogen) atoms. The maximum absolute atomic E-state index is 13.5. The van der Waals surface area contributed by atoms with Gasteiger partial charge in [-0.25, -0.2) is 36.3 Å². The van der Waals surface area contributed by atoms with Gasteiger partial charge in [0.2, 0.25) is 0 Å². The molecule has 1 heterocycles. The fourth-order valence-electron chi connectivity index (χ4n) is 2.45. The Morgan fingerprint density at radius 3 is 1.84 bits per heavy atom. The van der Waals surface area contributed by atoms with Crippen LogP contribution < -0.4 is 4.94 Å². The molecule has 0 aliphatic heterocycles. The first-order valence-electron chi connectivity index (χ1n) is 9.09. The van der Waals surface area contributed by atoms with E-state index < -0.39 is 47.1 Å². The van der Waals surface area contributed by atoms with Gasteiger partial charge in [0.15, 0.2) is 29.0 Å². The van der Waals surface area contributed by atoms with Gasteiger partial charge in [0.25, 0.3) is 0 Å². The Balaban J connectivity index is 0.000000262. The molecule has 0 saturated carbocycles. The number of hydrogen-bond acceptors (Lipinski definition) is 3. The summed E-state index contributed by atoms with van der Waals surface area (Å²) in [7, 11) is 0. The second kappa shape index (κ2) is 11.3. The number of benzene rings is 2. The van der Waals surface area contributed by atoms with Crippen LogP contribution in [0.3, 0.4) is 0 Å². The van der Waals surface area contributed by atoms with Gasteiger partial charge in [-0.15, -0.1) is 0 Å². The van der Waals surface area contributed by atoms with E-state index in [4.69, 9.17) is 0 Å². The topological polar surface area (TPSA) is 35.0 Å². The van der Waals surface area contributed by atoms with Crippen molar-refractivity contribution >= 4 is 0 Å². The van der Waals surface area contributed by atoms with Crippen molar-refractivity contribution < 1.29 is 35.8 Å². The third-order valence-corrected chi connectivity index (χ3v) is 4.10. The van der Waals surface area contributed by atoms with E-state index in [0.29, 0.717) is 12.1 Å². The second-order valence-corrected chi connectivity index (χ2v) is 6.35. The summed E-state index contributed by atoms with van der Waals surface area (Å²) in [5.41, 5.74) is 0.629. The van der Waals surface area contributed by atoms with Crippen molar-refractivity contribution in [3.05, 3.63) is 76.9 Å². The van der Waals surface area contributed by atoms with Crippen LogP contribution in [0.5, 0.6) is 5.75 Å². The lowest BCUT2D eigenvalue weighted by atomic mass is 10.1. The van der Waals surface area contributed by atoms with Crippen molar-refractivity contribution in [1.82, 2.24) is 9.97 Å². The average molecular weight is 446 g/mol. The summed E-state index contributed by atoms with van der Waals surface area (Å²) in [4.78, 5) is 11.2. The molecule has 3 aromatic rings. The third kappa shape index (κ3) is 6.40. The van der Waals surface area contributed by atoms with E-state index >= 15 is 0 Å². The van der Waals surface area contributed by atoms with Gasteiger partial charge in [-0.05, 0) is 30.5 Å². The van der Waals surface area contributed by atoms with Crippen molar-refractivity contribution in [2.75, 3.05) is 0 Å². The van der Waals surface area contributed by atoms with Gasteiger partial charge >= 0.3 is 0 Å². The van der Waals surface area contributed by atoms with Gasteiger partial charge in [-0.2, -0.15) is 0 Å². The molecule has 0 amide bonds. The molecule has 0 N–H and O–H groups in total. The summed E-state index contributed by atoms with van der Waals surface area (Å²) in [6.45, 7) is 0.919. The molecule has 0 bridgehead atoms. The summed E-state index contributed by atoms with van der Waals surface area (Å²) < 4.78 is 87.2. The minimum absolute atomic E-state index is 0.208. The molecular weight excluding hydrogens is 429 g/mol. The van der Waals surface area contributed by atoms with Crippen molar-refractivity contribution in [3.63, 3.8) is 0 Å². The standard InChI is InChI=1S/C15H15F3N2.C6H2F4O/c1-2-3-4-10-8-19-15(20-9-10)11-5-13(17)12(7-16)14(18)6-11;7-4-1-3(11-10)2-5(8)6(4)9/h5-6,8-9H,2-4,7H2,1H3;1-2H. The van der Waals surface area contributed by atoms with Crippen molar-refractivity contribution in [2.24, 2.45) is 0 Å². The van der Waals surface area contributed by atoms with Gasteiger partial charge in [-0.1, -0.05) is 13.3 Å². The van der Waals surface area contributed by atoms with Crippen LogP contribution in [-0.2, 0) is 13.1 Å². The number of nitrogens with zero attached hydrogens (tertiary/aromatic N) is 2. The van der Waals surface area contributed by atoms with E-state index in [2.05, 4.69) is 21.8 Å². The molecule has 0 radical (unpaired) electrons. The van der Waals surface area contributed by atoms with E-state index in [1.54, 1.807) is 12.4 Å². The molecular formula is C21H17F7N2O. The minimum atomic E-state index is -1.65. The lowest BCUT2D eigenvalue weighted by molar-refractivity contribution is -0.00711. The van der Waals surface area contributed by atoms with Crippen molar-refractivity contribution in [3.8, 4) is 17.1 Å². The van der Waals surface area contributed by atoms with Crippen LogP contribution in [-0.4, -0.2) is 9.97 Å². The number of unbranched alkanes of at least 4 members (excludes halogenated alkanes) is 1. The summed E-state index contributed by atoms with van der Waals surface area (Å²) in [6, 6.07) is 2.91. The number of halogens is 7. The number of aromatic nitrogens is 2. The third-order valence-electron chi connectivity index (χ3n) is 4.10. The Hall–Kier alpha value is -3.17. The van der Waals surface area contributed by atoms with E-state index in [-0.39, 0.29) is 11.4 Å². The fraction of sp³-hybridized carbons (Fsp3) is 0.238. The lowest BCUT2D eigenvalue weighted by Gasteiger charge is -2.05. The molecule has 2 aromatic carbocycles. The number of alkyl halides is 1. The maximum Gasteiger partial charge on any atom is 0.194 e. The maximum atomic E-state index is 13.5. The minimum Gasteiger partial charge on any atom is -0.294 e. The average Bonchev–Trinajstić information content (AvgIpc) is 2.76. The first kappa shape index (κ1) is 24.1.